The summed E-state index contributed by atoms with van der Waals surface area (Å²) in [6, 6.07) is 13.3. The summed E-state index contributed by atoms with van der Waals surface area (Å²) in [5.74, 6) is 0.315. The summed E-state index contributed by atoms with van der Waals surface area (Å²) in [6.07, 6.45) is 7.89. The predicted molar refractivity (Wildman–Crippen MR) is 123 cm³/mol. The van der Waals surface area contributed by atoms with E-state index in [1.807, 2.05) is 24.3 Å². The van der Waals surface area contributed by atoms with Gasteiger partial charge in [-0.2, -0.15) is 0 Å². The summed E-state index contributed by atoms with van der Waals surface area (Å²) < 4.78 is 6.12. The van der Waals surface area contributed by atoms with Crippen molar-refractivity contribution in [1.29, 1.82) is 0 Å². The van der Waals surface area contributed by atoms with Crippen LogP contribution in [0.5, 0.6) is 5.75 Å². The van der Waals surface area contributed by atoms with Gasteiger partial charge in [-0.3, -0.25) is 0 Å². The number of aromatic carboxylic acids is 1. The van der Waals surface area contributed by atoms with Crippen LogP contribution in [0.3, 0.4) is 0 Å². The van der Waals surface area contributed by atoms with Gasteiger partial charge in [0, 0.05) is 24.0 Å². The number of carboxylic acids is 1. The zero-order valence-corrected chi connectivity index (χ0v) is 18.5. The van der Waals surface area contributed by atoms with E-state index in [-0.39, 0.29) is 0 Å². The molecule has 0 amide bonds. The minimum Gasteiger partial charge on any atom is -0.491 e. The van der Waals surface area contributed by atoms with Gasteiger partial charge in [-0.05, 0) is 61.6 Å². The van der Waals surface area contributed by atoms with Crippen molar-refractivity contribution in [1.82, 2.24) is 0 Å². The van der Waals surface area contributed by atoms with Crippen LogP contribution in [0.2, 0.25) is 5.02 Å². The number of hydrogen-bond acceptors (Lipinski definition) is 3. The number of ether oxygens (including phenoxy) is 1. The molecular weight excluding hydrogens is 398 g/mol. The van der Waals surface area contributed by atoms with Crippen molar-refractivity contribution in [3.63, 3.8) is 0 Å². The molecule has 0 bridgehead atoms. The lowest BCUT2D eigenvalue weighted by atomic mass is 9.99. The maximum absolute atomic E-state index is 11.5. The van der Waals surface area contributed by atoms with Gasteiger partial charge in [0.05, 0.1) is 17.9 Å². The van der Waals surface area contributed by atoms with Gasteiger partial charge in [-0.15, -0.1) is 0 Å². The van der Waals surface area contributed by atoms with Crippen molar-refractivity contribution in [3.8, 4) is 5.75 Å². The highest BCUT2D eigenvalue weighted by molar-refractivity contribution is 6.30. The minimum atomic E-state index is -0.897. The Morgan fingerprint density at radius 3 is 2.80 bits per heavy atom. The molecule has 0 spiro atoms. The van der Waals surface area contributed by atoms with Gasteiger partial charge in [0.2, 0.25) is 0 Å². The zero-order valence-electron chi connectivity index (χ0n) is 17.8. The molecule has 0 radical (unpaired) electrons. The fraction of sp³-hybridized carbons (Fsp3) is 0.480. The second kappa shape index (κ2) is 11.3. The number of fused-ring (bicyclic) bond motifs is 1. The Morgan fingerprint density at radius 1 is 1.17 bits per heavy atom. The quantitative estimate of drug-likeness (QED) is 0.440. The summed E-state index contributed by atoms with van der Waals surface area (Å²) in [5, 5.41) is 10.2. The molecule has 0 aliphatic carbocycles. The maximum atomic E-state index is 11.5. The van der Waals surface area contributed by atoms with Crippen LogP contribution in [0.4, 0.5) is 5.69 Å². The Morgan fingerprint density at radius 2 is 2.03 bits per heavy atom. The normalized spacial score (nSPS) is 15.9. The van der Waals surface area contributed by atoms with Crippen LogP contribution in [0, 0.1) is 5.92 Å². The largest absolute Gasteiger partial charge is 0.491 e. The highest BCUT2D eigenvalue weighted by Crippen LogP contribution is 2.34. The highest BCUT2D eigenvalue weighted by Gasteiger charge is 2.24. The summed E-state index contributed by atoms with van der Waals surface area (Å²) in [7, 11) is 0. The smallest absolute Gasteiger partial charge is 0.335 e. The van der Waals surface area contributed by atoms with E-state index in [0.29, 0.717) is 18.1 Å². The third kappa shape index (κ3) is 6.40. The summed E-state index contributed by atoms with van der Waals surface area (Å²) in [6.45, 7) is 4.71. The van der Waals surface area contributed by atoms with Crippen molar-refractivity contribution in [2.75, 3.05) is 24.6 Å². The first-order valence-electron chi connectivity index (χ1n) is 11.1. The Labute approximate surface area is 184 Å². The molecule has 5 heteroatoms. The second-order valence-corrected chi connectivity index (χ2v) is 8.63. The van der Waals surface area contributed by atoms with Crippen LogP contribution in [0.15, 0.2) is 42.5 Å². The topological polar surface area (TPSA) is 49.8 Å². The first-order valence-corrected chi connectivity index (χ1v) is 11.4. The van der Waals surface area contributed by atoms with Crippen LogP contribution in [-0.4, -0.2) is 30.8 Å². The molecule has 0 saturated heterocycles. The molecule has 1 heterocycles. The number of nitrogens with zero attached hydrogens (tertiary/aromatic N) is 1. The summed E-state index contributed by atoms with van der Waals surface area (Å²) in [5.41, 5.74) is 2.50. The lowest BCUT2D eigenvalue weighted by Crippen LogP contribution is -2.31. The first kappa shape index (κ1) is 22.5. The van der Waals surface area contributed by atoms with E-state index in [1.165, 1.54) is 24.8 Å². The van der Waals surface area contributed by atoms with Gasteiger partial charge in [-0.1, -0.05) is 49.9 Å². The Bertz CT molecular complexity index is 839. The van der Waals surface area contributed by atoms with Crippen molar-refractivity contribution in [2.45, 2.75) is 51.9 Å². The maximum Gasteiger partial charge on any atom is 0.335 e. The number of halogens is 1. The fourth-order valence-electron chi connectivity index (χ4n) is 4.09. The number of anilines is 1. The molecule has 1 aliphatic rings. The second-order valence-electron chi connectivity index (χ2n) is 8.19. The molecule has 1 N–H and O–H groups in total. The van der Waals surface area contributed by atoms with Gasteiger partial charge in [0.25, 0.3) is 0 Å². The molecule has 1 atom stereocenters. The van der Waals surface area contributed by atoms with Crippen LogP contribution in [0.25, 0.3) is 0 Å². The van der Waals surface area contributed by atoms with Crippen LogP contribution in [-0.2, 0) is 6.42 Å². The monoisotopic (exact) mass is 429 g/mol. The lowest BCUT2D eigenvalue weighted by molar-refractivity contribution is 0.0697. The molecular formula is C25H32ClNO3. The van der Waals surface area contributed by atoms with Crippen molar-refractivity contribution in [2.24, 2.45) is 5.92 Å². The third-order valence-electron chi connectivity index (χ3n) is 5.75. The average Bonchev–Trinajstić information content (AvgIpc) is 2.90. The van der Waals surface area contributed by atoms with Crippen LogP contribution in [0.1, 0.15) is 61.4 Å². The van der Waals surface area contributed by atoms with E-state index in [4.69, 9.17) is 16.3 Å². The van der Waals surface area contributed by atoms with Gasteiger partial charge in [0.1, 0.15) is 5.75 Å². The molecule has 1 unspecified atom stereocenters. The molecule has 30 heavy (non-hydrogen) atoms. The Balaban J connectivity index is 1.66. The number of hydrogen-bond donors (Lipinski definition) is 1. The third-order valence-corrected chi connectivity index (χ3v) is 5.98. The molecule has 4 nitrogen and oxygen atoms in total. The van der Waals surface area contributed by atoms with Crippen LogP contribution >= 0.6 is 11.6 Å². The van der Waals surface area contributed by atoms with Gasteiger partial charge in [-0.25, -0.2) is 4.79 Å². The van der Waals surface area contributed by atoms with E-state index in [2.05, 4.69) is 17.9 Å². The number of aryl methyl sites for hydroxylation is 1. The van der Waals surface area contributed by atoms with Gasteiger partial charge in [0.15, 0.2) is 0 Å². The number of unbranched alkanes of at least 4 members (excludes halogenated alkanes) is 3. The molecule has 0 fully saturated rings. The van der Waals surface area contributed by atoms with E-state index >= 15 is 0 Å². The SMILES string of the molecule is CCCCCCN1CC(CCCc2cccc(Cl)c2)COc2ccc(C(=O)O)cc21. The van der Waals surface area contributed by atoms with E-state index in [1.54, 1.807) is 12.1 Å². The predicted octanol–water partition coefficient (Wildman–Crippen LogP) is 6.46. The number of rotatable bonds is 10. The number of benzene rings is 2. The number of carbonyl (C=O) groups is 1. The standard InChI is InChI=1S/C25H32ClNO3/c1-2-3-4-5-14-27-17-20(10-6-8-19-9-7-11-22(26)15-19)18-30-24-13-12-21(25(28)29)16-23(24)27/h7,9,11-13,15-16,20H,2-6,8,10,14,17-18H2,1H3,(H,28,29). The van der Waals surface area contributed by atoms with Crippen molar-refractivity contribution < 1.29 is 14.6 Å². The number of carboxylic acid groups (broad SMARTS) is 1. The summed E-state index contributed by atoms with van der Waals surface area (Å²) >= 11 is 6.10. The van der Waals surface area contributed by atoms with Gasteiger partial charge >= 0.3 is 5.97 Å². The molecule has 2 aromatic rings. The average molecular weight is 430 g/mol. The molecule has 2 aromatic carbocycles. The summed E-state index contributed by atoms with van der Waals surface area (Å²) in [4.78, 5) is 13.8. The van der Waals surface area contributed by atoms with E-state index in [9.17, 15) is 9.90 Å². The Kier molecular flexibility index (Phi) is 8.44. The lowest BCUT2D eigenvalue weighted by Gasteiger charge is -2.27. The zero-order chi connectivity index (χ0) is 21.3. The molecule has 3 rings (SSSR count). The fourth-order valence-corrected chi connectivity index (χ4v) is 4.31. The first-order chi connectivity index (χ1) is 14.6. The molecule has 0 aromatic heterocycles. The van der Waals surface area contributed by atoms with Crippen molar-refractivity contribution >= 4 is 23.3 Å². The minimum absolute atomic E-state index is 0.315. The molecule has 162 valence electrons. The van der Waals surface area contributed by atoms with Crippen molar-refractivity contribution in [3.05, 3.63) is 58.6 Å². The van der Waals surface area contributed by atoms with Crippen LogP contribution < -0.4 is 9.64 Å². The van der Waals surface area contributed by atoms with E-state index in [0.717, 1.165) is 55.2 Å². The molecule has 0 saturated carbocycles. The van der Waals surface area contributed by atoms with E-state index < -0.39 is 5.97 Å². The van der Waals surface area contributed by atoms with Gasteiger partial charge < -0.3 is 14.7 Å². The molecule has 1 aliphatic heterocycles. The Hall–Kier alpha value is -2.20. The highest BCUT2D eigenvalue weighted by atomic mass is 35.5.